The molecule has 0 radical (unpaired) electrons. The van der Waals surface area contributed by atoms with E-state index in [9.17, 15) is 4.79 Å². The van der Waals surface area contributed by atoms with Crippen LogP contribution in [-0.4, -0.2) is 39.6 Å². The number of nitrogens with zero attached hydrogens (tertiary/aromatic N) is 3. The summed E-state index contributed by atoms with van der Waals surface area (Å²) in [5.41, 5.74) is 6.51. The number of carbonyl (C=O) groups is 1. The molecule has 1 aliphatic heterocycles. The Labute approximate surface area is 124 Å². The van der Waals surface area contributed by atoms with Gasteiger partial charge in [0.25, 0.3) is 0 Å². The lowest BCUT2D eigenvalue weighted by Gasteiger charge is -2.34. The number of rotatable bonds is 3. The molecule has 0 unspecified atom stereocenters. The van der Waals surface area contributed by atoms with Crippen molar-refractivity contribution in [2.45, 2.75) is 32.3 Å². The van der Waals surface area contributed by atoms with E-state index in [1.54, 1.807) is 6.07 Å². The molecule has 0 aliphatic carbocycles. The second kappa shape index (κ2) is 6.43. The molecule has 1 aromatic rings. The summed E-state index contributed by atoms with van der Waals surface area (Å²) in [6, 6.07) is 1.72. The van der Waals surface area contributed by atoms with Crippen molar-refractivity contribution in [2.75, 3.05) is 24.6 Å². The minimum Gasteiger partial charge on any atom is -0.384 e. The summed E-state index contributed by atoms with van der Waals surface area (Å²) < 4.78 is 0. The number of amides is 1. The Balaban J connectivity index is 1.91. The summed E-state index contributed by atoms with van der Waals surface area (Å²) in [6.07, 6.45) is 1.20. The summed E-state index contributed by atoms with van der Waals surface area (Å²) in [7, 11) is 0. The maximum atomic E-state index is 12.3. The van der Waals surface area contributed by atoms with Gasteiger partial charge in [0.2, 0.25) is 5.91 Å². The molecule has 1 amide bonds. The maximum Gasteiger partial charge on any atom is 0.233 e. The zero-order chi connectivity index (χ0) is 14.7. The van der Waals surface area contributed by atoms with Gasteiger partial charge < -0.3 is 10.6 Å². The normalized spacial score (nSPS) is 22.9. The fourth-order valence-electron chi connectivity index (χ4n) is 2.71. The van der Waals surface area contributed by atoms with Gasteiger partial charge in [-0.25, -0.2) is 9.97 Å². The number of aromatic nitrogens is 2. The molecule has 5 nitrogen and oxygen atoms in total. The smallest absolute Gasteiger partial charge is 0.233 e. The molecule has 2 heterocycles. The third-order valence-corrected chi connectivity index (χ3v) is 4.23. The van der Waals surface area contributed by atoms with Gasteiger partial charge in [-0.15, -0.1) is 0 Å². The number of anilines is 1. The van der Waals surface area contributed by atoms with Gasteiger partial charge in [0.05, 0.1) is 5.75 Å². The van der Waals surface area contributed by atoms with E-state index < -0.39 is 0 Å². The first kappa shape index (κ1) is 15.1. The van der Waals surface area contributed by atoms with Crippen molar-refractivity contribution in [3.63, 3.8) is 0 Å². The molecule has 2 rings (SSSR count). The van der Waals surface area contributed by atoms with Crippen molar-refractivity contribution < 1.29 is 4.79 Å². The molecule has 1 fully saturated rings. The van der Waals surface area contributed by atoms with Gasteiger partial charge in [-0.05, 0) is 25.2 Å². The van der Waals surface area contributed by atoms with Crippen LogP contribution in [0.15, 0.2) is 11.2 Å². The SMILES string of the molecule is Cc1cc(N)nc(SCC(=O)N2C[C@@H](C)C[C@H](C)C2)n1. The molecule has 110 valence electrons. The number of aryl methyl sites for hydroxylation is 1. The van der Waals surface area contributed by atoms with Crippen molar-refractivity contribution in [1.82, 2.24) is 14.9 Å². The van der Waals surface area contributed by atoms with Crippen LogP contribution in [0.1, 0.15) is 26.0 Å². The summed E-state index contributed by atoms with van der Waals surface area (Å²) in [5.74, 6) is 2.16. The van der Waals surface area contributed by atoms with Gasteiger partial charge >= 0.3 is 0 Å². The highest BCUT2D eigenvalue weighted by molar-refractivity contribution is 7.99. The number of nitrogens with two attached hydrogens (primary N) is 1. The number of likely N-dealkylation sites (tertiary alicyclic amines) is 1. The third kappa shape index (κ3) is 4.10. The Kier molecular flexibility index (Phi) is 4.86. The molecule has 1 aromatic heterocycles. The molecule has 0 bridgehead atoms. The van der Waals surface area contributed by atoms with Crippen molar-refractivity contribution in [2.24, 2.45) is 11.8 Å². The van der Waals surface area contributed by atoms with Crippen molar-refractivity contribution in [1.29, 1.82) is 0 Å². The molecule has 1 saturated heterocycles. The second-order valence-electron chi connectivity index (χ2n) is 5.75. The van der Waals surface area contributed by atoms with Gasteiger partial charge in [-0.2, -0.15) is 0 Å². The summed E-state index contributed by atoms with van der Waals surface area (Å²) in [6.45, 7) is 8.00. The van der Waals surface area contributed by atoms with Gasteiger partial charge in [-0.1, -0.05) is 25.6 Å². The van der Waals surface area contributed by atoms with E-state index in [1.807, 2.05) is 11.8 Å². The maximum absolute atomic E-state index is 12.3. The number of hydrogen-bond donors (Lipinski definition) is 1. The van der Waals surface area contributed by atoms with Crippen LogP contribution in [0.4, 0.5) is 5.82 Å². The molecule has 6 heteroatoms. The lowest BCUT2D eigenvalue weighted by Crippen LogP contribution is -2.43. The lowest BCUT2D eigenvalue weighted by molar-refractivity contribution is -0.130. The van der Waals surface area contributed by atoms with Gasteiger partial charge in [-0.3, -0.25) is 4.79 Å². The highest BCUT2D eigenvalue weighted by Gasteiger charge is 2.25. The second-order valence-corrected chi connectivity index (χ2v) is 6.69. The van der Waals surface area contributed by atoms with E-state index in [-0.39, 0.29) is 5.91 Å². The quantitative estimate of drug-likeness (QED) is 0.681. The number of thioether (sulfide) groups is 1. The molecular weight excluding hydrogens is 272 g/mol. The first-order valence-electron chi connectivity index (χ1n) is 6.95. The summed E-state index contributed by atoms with van der Waals surface area (Å²) in [4.78, 5) is 22.6. The number of carbonyl (C=O) groups excluding carboxylic acids is 1. The Morgan fingerprint density at radius 1 is 1.40 bits per heavy atom. The molecule has 0 saturated carbocycles. The molecule has 1 aliphatic rings. The molecule has 2 atom stereocenters. The predicted molar refractivity (Wildman–Crippen MR) is 81.4 cm³/mol. The van der Waals surface area contributed by atoms with Gasteiger partial charge in [0, 0.05) is 24.8 Å². The van der Waals surface area contributed by atoms with Gasteiger partial charge in [0.15, 0.2) is 5.16 Å². The minimum atomic E-state index is 0.164. The van der Waals surface area contributed by atoms with E-state index in [0.717, 1.165) is 18.8 Å². The third-order valence-electron chi connectivity index (χ3n) is 3.40. The van der Waals surface area contributed by atoms with Crippen LogP contribution in [-0.2, 0) is 4.79 Å². The van der Waals surface area contributed by atoms with Crippen LogP contribution in [0.25, 0.3) is 0 Å². The lowest BCUT2D eigenvalue weighted by atomic mass is 9.92. The van der Waals surface area contributed by atoms with E-state index in [0.29, 0.717) is 28.6 Å². The Hall–Kier alpha value is -1.30. The largest absolute Gasteiger partial charge is 0.384 e. The topological polar surface area (TPSA) is 72.1 Å². The highest BCUT2D eigenvalue weighted by atomic mass is 32.2. The Morgan fingerprint density at radius 3 is 2.65 bits per heavy atom. The Bertz CT molecular complexity index is 464. The van der Waals surface area contributed by atoms with Crippen LogP contribution in [0.3, 0.4) is 0 Å². The number of hydrogen-bond acceptors (Lipinski definition) is 5. The van der Waals surface area contributed by atoms with E-state index in [2.05, 4.69) is 23.8 Å². The first-order chi connectivity index (χ1) is 9.44. The monoisotopic (exact) mass is 294 g/mol. The first-order valence-corrected chi connectivity index (χ1v) is 7.94. The van der Waals surface area contributed by atoms with Crippen LogP contribution in [0.2, 0.25) is 0 Å². The van der Waals surface area contributed by atoms with Crippen LogP contribution in [0.5, 0.6) is 0 Å². The standard InChI is InChI=1S/C14H22N4OS/c1-9-4-10(2)7-18(6-9)13(19)8-20-14-16-11(3)5-12(15)17-14/h5,9-10H,4,6-8H2,1-3H3,(H2,15,16,17)/t9-,10-/m0/s1. The molecule has 0 aromatic carbocycles. The average molecular weight is 294 g/mol. The molecule has 20 heavy (non-hydrogen) atoms. The zero-order valence-electron chi connectivity index (χ0n) is 12.3. The predicted octanol–water partition coefficient (Wildman–Crippen LogP) is 1.96. The summed E-state index contributed by atoms with van der Waals surface area (Å²) in [5, 5.41) is 0.578. The van der Waals surface area contributed by atoms with E-state index in [4.69, 9.17) is 5.73 Å². The average Bonchev–Trinajstić information content (AvgIpc) is 2.33. The van der Waals surface area contributed by atoms with Crippen molar-refractivity contribution >= 4 is 23.5 Å². The van der Waals surface area contributed by atoms with Crippen LogP contribution >= 0.6 is 11.8 Å². The van der Waals surface area contributed by atoms with Crippen LogP contribution in [0, 0.1) is 18.8 Å². The van der Waals surface area contributed by atoms with Crippen LogP contribution < -0.4 is 5.73 Å². The van der Waals surface area contributed by atoms with E-state index >= 15 is 0 Å². The fourth-order valence-corrected chi connectivity index (χ4v) is 3.53. The Morgan fingerprint density at radius 2 is 2.05 bits per heavy atom. The number of piperidine rings is 1. The zero-order valence-corrected chi connectivity index (χ0v) is 13.1. The molecule has 2 N–H and O–H groups in total. The molecular formula is C14H22N4OS. The number of nitrogen functional groups attached to an aromatic ring is 1. The van der Waals surface area contributed by atoms with Crippen molar-refractivity contribution in [3.05, 3.63) is 11.8 Å². The summed E-state index contributed by atoms with van der Waals surface area (Å²) >= 11 is 1.36. The van der Waals surface area contributed by atoms with Crippen molar-refractivity contribution in [3.8, 4) is 0 Å². The fraction of sp³-hybridized carbons (Fsp3) is 0.643. The van der Waals surface area contributed by atoms with E-state index in [1.165, 1.54) is 18.2 Å². The van der Waals surface area contributed by atoms with Gasteiger partial charge in [0.1, 0.15) is 5.82 Å². The molecule has 0 spiro atoms. The minimum absolute atomic E-state index is 0.164. The highest BCUT2D eigenvalue weighted by Crippen LogP contribution is 2.22.